The molecule has 0 spiro atoms. The van der Waals surface area contributed by atoms with Crippen molar-refractivity contribution in [3.8, 4) is 0 Å². The molecule has 0 amide bonds. The highest BCUT2D eigenvalue weighted by molar-refractivity contribution is 7.80. The van der Waals surface area contributed by atoms with Crippen LogP contribution in [0.3, 0.4) is 0 Å². The molecule has 0 unspecified atom stereocenters. The van der Waals surface area contributed by atoms with Gasteiger partial charge in [-0.1, -0.05) is 96.8 Å². The summed E-state index contributed by atoms with van der Waals surface area (Å²) in [5.41, 5.74) is 0. The van der Waals surface area contributed by atoms with Gasteiger partial charge < -0.3 is 23.4 Å². The Balaban J connectivity index is 3.22. The van der Waals surface area contributed by atoms with Crippen LogP contribution in [0, 0.1) is 0 Å². The van der Waals surface area contributed by atoms with Gasteiger partial charge in [-0.25, -0.2) is 0 Å². The summed E-state index contributed by atoms with van der Waals surface area (Å²) in [5.74, 6) is 1.03. The summed E-state index contributed by atoms with van der Waals surface area (Å²) < 4.78 is 23.7. The summed E-state index contributed by atoms with van der Waals surface area (Å²) in [6.45, 7) is 10.1. The highest BCUT2D eigenvalue weighted by Crippen LogP contribution is 2.11. The summed E-state index contributed by atoms with van der Waals surface area (Å²) >= 11 is 4.26. The van der Waals surface area contributed by atoms with E-state index in [9.17, 15) is 0 Å². The third-order valence-electron chi connectivity index (χ3n) is 7.27. The maximum absolute atomic E-state index is 5.79. The number of nitrogens with zero attached hydrogens (tertiary/aromatic N) is 1. The van der Waals surface area contributed by atoms with Crippen molar-refractivity contribution >= 4 is 12.6 Å². The molecule has 0 aromatic heterocycles. The highest BCUT2D eigenvalue weighted by atomic mass is 32.1. The molecular weight excluding hydrogens is 494 g/mol. The molecule has 0 rings (SSSR count). The predicted octanol–water partition coefficient (Wildman–Crippen LogP) is 8.10. The third-order valence-corrected chi connectivity index (χ3v) is 7.59. The Bertz CT molecular complexity index is 440. The number of unbranched alkanes of at least 4 members (excludes halogenated alkanes) is 16. The van der Waals surface area contributed by atoms with E-state index in [4.69, 9.17) is 18.9 Å². The van der Waals surface area contributed by atoms with Crippen molar-refractivity contribution < 1.29 is 23.4 Å². The molecular formula is C32H68NO4S+. The lowest BCUT2D eigenvalue weighted by molar-refractivity contribution is -0.891. The van der Waals surface area contributed by atoms with Crippen LogP contribution in [0.1, 0.15) is 122 Å². The van der Waals surface area contributed by atoms with Crippen molar-refractivity contribution in [1.29, 1.82) is 0 Å². The molecule has 230 valence electrons. The first-order chi connectivity index (χ1) is 18.6. The number of thiol groups is 1. The van der Waals surface area contributed by atoms with E-state index in [0.29, 0.717) is 39.6 Å². The first-order valence-corrected chi connectivity index (χ1v) is 17.0. The lowest BCUT2D eigenvalue weighted by Gasteiger charge is -2.29. The third kappa shape index (κ3) is 32.4. The van der Waals surface area contributed by atoms with Crippen molar-refractivity contribution in [2.24, 2.45) is 0 Å². The van der Waals surface area contributed by atoms with E-state index < -0.39 is 0 Å². The van der Waals surface area contributed by atoms with Gasteiger partial charge in [-0.2, -0.15) is 12.6 Å². The molecule has 0 aliphatic heterocycles. The quantitative estimate of drug-likeness (QED) is 0.0498. The average Bonchev–Trinajstić information content (AvgIpc) is 2.90. The molecule has 0 fully saturated rings. The zero-order valence-corrected chi connectivity index (χ0v) is 26.9. The van der Waals surface area contributed by atoms with Crippen LogP contribution in [-0.2, 0) is 18.9 Å². The van der Waals surface area contributed by atoms with Gasteiger partial charge in [-0.3, -0.25) is 0 Å². The second-order valence-electron chi connectivity index (χ2n) is 11.6. The van der Waals surface area contributed by atoms with Crippen LogP contribution in [0.2, 0.25) is 0 Å². The smallest absolute Gasteiger partial charge is 0.102 e. The van der Waals surface area contributed by atoms with Gasteiger partial charge in [0.05, 0.1) is 66.9 Å². The van der Waals surface area contributed by atoms with Crippen LogP contribution in [0.4, 0.5) is 0 Å². The van der Waals surface area contributed by atoms with Gasteiger partial charge in [-0.05, 0) is 31.4 Å². The van der Waals surface area contributed by atoms with Crippen LogP contribution in [0.15, 0.2) is 0 Å². The van der Waals surface area contributed by atoms with Crippen molar-refractivity contribution in [2.45, 2.75) is 122 Å². The molecule has 38 heavy (non-hydrogen) atoms. The molecule has 0 aromatic rings. The fourth-order valence-corrected chi connectivity index (χ4v) is 4.81. The van der Waals surface area contributed by atoms with Crippen molar-refractivity contribution in [3.63, 3.8) is 0 Å². The Morgan fingerprint density at radius 1 is 0.395 bits per heavy atom. The minimum atomic E-state index is 0.623. The Kier molecular flexibility index (Phi) is 31.8. The highest BCUT2D eigenvalue weighted by Gasteiger charge is 2.13. The van der Waals surface area contributed by atoms with Crippen molar-refractivity contribution in [2.75, 3.05) is 85.8 Å². The van der Waals surface area contributed by atoms with Crippen LogP contribution in [0.25, 0.3) is 0 Å². The summed E-state index contributed by atoms with van der Waals surface area (Å²) in [7, 11) is 4.64. The minimum Gasteiger partial charge on any atom is -0.379 e. The number of hydrogen-bond acceptors (Lipinski definition) is 5. The standard InChI is InChI=1S/C32H67NO4S/c1-4-5-6-7-8-10-13-16-19-22-33(2,3)23-25-35-27-29-37-31-30-36-28-26-34-24-20-17-14-11-9-12-15-18-21-32-38/h4-32H2,1-3H3/p+1. The summed E-state index contributed by atoms with van der Waals surface area (Å²) in [4.78, 5) is 0. The second-order valence-corrected chi connectivity index (χ2v) is 12.0. The van der Waals surface area contributed by atoms with E-state index in [1.807, 2.05) is 0 Å². The van der Waals surface area contributed by atoms with E-state index in [0.717, 1.165) is 36.4 Å². The van der Waals surface area contributed by atoms with Gasteiger partial charge in [0.1, 0.15) is 6.54 Å². The van der Waals surface area contributed by atoms with Gasteiger partial charge in [0, 0.05) is 6.61 Å². The van der Waals surface area contributed by atoms with Gasteiger partial charge in [-0.15, -0.1) is 0 Å². The van der Waals surface area contributed by atoms with Gasteiger partial charge in [0.25, 0.3) is 0 Å². The summed E-state index contributed by atoms with van der Waals surface area (Å²) in [6.07, 6.45) is 24.4. The van der Waals surface area contributed by atoms with E-state index in [-0.39, 0.29) is 0 Å². The molecule has 5 nitrogen and oxygen atoms in total. The Morgan fingerprint density at radius 3 is 1.24 bits per heavy atom. The Morgan fingerprint density at radius 2 is 0.763 bits per heavy atom. The van der Waals surface area contributed by atoms with Crippen LogP contribution in [-0.4, -0.2) is 90.3 Å². The van der Waals surface area contributed by atoms with Crippen molar-refractivity contribution in [1.82, 2.24) is 0 Å². The van der Waals surface area contributed by atoms with Crippen molar-refractivity contribution in [3.05, 3.63) is 0 Å². The Hall–Kier alpha value is 0.150. The van der Waals surface area contributed by atoms with Crippen LogP contribution in [0.5, 0.6) is 0 Å². The first kappa shape index (κ1) is 38.1. The molecule has 0 N–H and O–H groups in total. The largest absolute Gasteiger partial charge is 0.379 e. The topological polar surface area (TPSA) is 36.9 Å². The number of rotatable bonds is 33. The van der Waals surface area contributed by atoms with E-state index in [1.165, 1.54) is 116 Å². The molecule has 0 atom stereocenters. The van der Waals surface area contributed by atoms with Crippen LogP contribution >= 0.6 is 12.6 Å². The monoisotopic (exact) mass is 562 g/mol. The fraction of sp³-hybridized carbons (Fsp3) is 1.00. The van der Waals surface area contributed by atoms with Gasteiger partial charge in [0.15, 0.2) is 0 Å². The Labute approximate surface area is 244 Å². The van der Waals surface area contributed by atoms with E-state index in [1.54, 1.807) is 0 Å². The van der Waals surface area contributed by atoms with E-state index in [2.05, 4.69) is 33.6 Å². The number of hydrogen-bond donors (Lipinski definition) is 1. The zero-order chi connectivity index (χ0) is 27.8. The molecule has 6 heteroatoms. The molecule has 0 bridgehead atoms. The minimum absolute atomic E-state index is 0.623. The number of likely N-dealkylation sites (N-methyl/N-ethyl adjacent to an activating group) is 1. The molecule has 0 saturated heterocycles. The lowest BCUT2D eigenvalue weighted by atomic mass is 10.1. The number of ether oxygens (including phenoxy) is 4. The molecule has 0 aliphatic carbocycles. The summed E-state index contributed by atoms with van der Waals surface area (Å²) in [5, 5.41) is 0. The lowest BCUT2D eigenvalue weighted by Crippen LogP contribution is -2.43. The fourth-order valence-electron chi connectivity index (χ4n) is 4.59. The van der Waals surface area contributed by atoms with Gasteiger partial charge >= 0.3 is 0 Å². The predicted molar refractivity (Wildman–Crippen MR) is 168 cm³/mol. The van der Waals surface area contributed by atoms with E-state index >= 15 is 0 Å². The maximum Gasteiger partial charge on any atom is 0.102 e. The second kappa shape index (κ2) is 31.7. The maximum atomic E-state index is 5.79. The SMILES string of the molecule is CCCCCCCCCCC[N+](C)(C)CCOCCOCCOCCOCCCCCCCCCCCS. The molecule has 0 radical (unpaired) electrons. The van der Waals surface area contributed by atoms with Crippen LogP contribution < -0.4 is 0 Å². The number of quaternary nitrogens is 1. The molecule has 0 aromatic carbocycles. The van der Waals surface area contributed by atoms with Gasteiger partial charge in [0.2, 0.25) is 0 Å². The molecule has 0 aliphatic rings. The summed E-state index contributed by atoms with van der Waals surface area (Å²) in [6, 6.07) is 0. The molecule has 0 heterocycles. The first-order valence-electron chi connectivity index (χ1n) is 16.4. The normalized spacial score (nSPS) is 12.0. The zero-order valence-electron chi connectivity index (χ0n) is 26.0. The molecule has 0 saturated carbocycles. The average molecular weight is 563 g/mol.